The summed E-state index contributed by atoms with van der Waals surface area (Å²) in [5.74, 6) is 0.266. The second kappa shape index (κ2) is 7.97. The first-order chi connectivity index (χ1) is 14.0. The van der Waals surface area contributed by atoms with E-state index in [-0.39, 0.29) is 17.6 Å². The third-order valence-electron chi connectivity index (χ3n) is 5.56. The molecule has 0 spiro atoms. The van der Waals surface area contributed by atoms with E-state index in [4.69, 9.17) is 4.74 Å². The van der Waals surface area contributed by atoms with E-state index in [0.29, 0.717) is 6.42 Å². The second-order valence-electron chi connectivity index (χ2n) is 7.20. The molecule has 150 valence electrons. The number of aliphatic hydroxyl groups is 1. The summed E-state index contributed by atoms with van der Waals surface area (Å²) in [6.45, 7) is 0. The minimum absolute atomic E-state index is 0.000250. The summed E-state index contributed by atoms with van der Waals surface area (Å²) >= 11 is 1.46. The van der Waals surface area contributed by atoms with Crippen molar-refractivity contribution in [1.29, 1.82) is 0 Å². The van der Waals surface area contributed by atoms with Gasteiger partial charge in [0.05, 0.1) is 13.2 Å². The van der Waals surface area contributed by atoms with Crippen LogP contribution in [0.1, 0.15) is 28.9 Å². The Labute approximate surface area is 173 Å². The average molecular weight is 411 g/mol. The van der Waals surface area contributed by atoms with Crippen molar-refractivity contribution >= 4 is 17.2 Å². The minimum Gasteiger partial charge on any atom is -0.496 e. The van der Waals surface area contributed by atoms with Crippen molar-refractivity contribution in [3.05, 3.63) is 76.9 Å². The molecular weight excluding hydrogens is 389 g/mol. The highest BCUT2D eigenvalue weighted by atomic mass is 32.1. The quantitative estimate of drug-likeness (QED) is 0.667. The van der Waals surface area contributed by atoms with Crippen LogP contribution in [0.25, 0.3) is 10.4 Å². The molecule has 0 aliphatic carbocycles. The van der Waals surface area contributed by atoms with Crippen LogP contribution in [0.2, 0.25) is 0 Å². The van der Waals surface area contributed by atoms with Gasteiger partial charge in [-0.3, -0.25) is 4.79 Å². The van der Waals surface area contributed by atoms with E-state index >= 15 is 0 Å². The van der Waals surface area contributed by atoms with E-state index in [9.17, 15) is 14.3 Å². The maximum absolute atomic E-state index is 13.2. The summed E-state index contributed by atoms with van der Waals surface area (Å²) in [5, 5.41) is 11.2. The first-order valence-electron chi connectivity index (χ1n) is 9.42. The lowest BCUT2D eigenvalue weighted by atomic mass is 9.87. The molecule has 4 rings (SSSR count). The molecule has 4 nitrogen and oxygen atoms in total. The third kappa shape index (κ3) is 3.66. The zero-order valence-corrected chi connectivity index (χ0v) is 17.0. The number of methoxy groups -OCH3 is 1. The summed E-state index contributed by atoms with van der Waals surface area (Å²) in [6.07, 6.45) is -0.505. The summed E-state index contributed by atoms with van der Waals surface area (Å²) in [6, 6.07) is 17.3. The number of hydrogen-bond acceptors (Lipinski definition) is 4. The van der Waals surface area contributed by atoms with Crippen LogP contribution in [0.4, 0.5) is 4.39 Å². The lowest BCUT2D eigenvalue weighted by Crippen LogP contribution is -2.36. The van der Waals surface area contributed by atoms with Crippen LogP contribution in [0.15, 0.2) is 60.7 Å². The number of hydrogen-bond donors (Lipinski definition) is 1. The maximum atomic E-state index is 13.2. The molecule has 1 aliphatic heterocycles. The predicted molar refractivity (Wildman–Crippen MR) is 112 cm³/mol. The fourth-order valence-corrected chi connectivity index (χ4v) is 5.08. The molecule has 0 unspecified atom stereocenters. The van der Waals surface area contributed by atoms with Crippen LogP contribution < -0.4 is 4.74 Å². The largest absolute Gasteiger partial charge is 0.496 e. The topological polar surface area (TPSA) is 49.8 Å². The van der Waals surface area contributed by atoms with Gasteiger partial charge in [0, 0.05) is 29.1 Å². The smallest absolute Gasteiger partial charge is 0.223 e. The lowest BCUT2D eigenvalue weighted by Gasteiger charge is -2.30. The van der Waals surface area contributed by atoms with E-state index in [1.807, 2.05) is 36.4 Å². The fraction of sp³-hybridized carbons (Fsp3) is 0.261. The molecule has 2 aromatic carbocycles. The molecule has 0 bridgehead atoms. The van der Waals surface area contributed by atoms with E-state index < -0.39 is 12.1 Å². The van der Waals surface area contributed by atoms with Crippen LogP contribution in [0.3, 0.4) is 0 Å². The molecule has 1 fully saturated rings. The van der Waals surface area contributed by atoms with Gasteiger partial charge in [-0.2, -0.15) is 0 Å². The monoisotopic (exact) mass is 411 g/mol. The Hall–Kier alpha value is -2.70. The van der Waals surface area contributed by atoms with Gasteiger partial charge in [0.15, 0.2) is 0 Å². The summed E-state index contributed by atoms with van der Waals surface area (Å²) < 4.78 is 18.7. The minimum atomic E-state index is -0.833. The Kier molecular flexibility index (Phi) is 5.39. The maximum Gasteiger partial charge on any atom is 0.223 e. The normalized spacial score (nSPS) is 20.1. The Morgan fingerprint density at radius 1 is 1.14 bits per heavy atom. The number of ether oxygens (including phenoxy) is 1. The standard InChI is InChI=1S/C23H22FNO3S/c1-25-21(26)13-17(16-5-3-4-6-18(16)28-2)22(25)23(27)20-12-11-19(29-20)14-7-9-15(24)10-8-14/h3-12,17,22-23,27H,13H2,1-2H3/t17-,22-,23-/m1/s1. The van der Waals surface area contributed by atoms with Gasteiger partial charge in [0.2, 0.25) is 5.91 Å². The van der Waals surface area contributed by atoms with Crippen LogP contribution in [-0.4, -0.2) is 36.1 Å². The summed E-state index contributed by atoms with van der Waals surface area (Å²) in [7, 11) is 3.35. The number of thiophene rings is 1. The average Bonchev–Trinajstić information content (AvgIpc) is 3.34. The number of nitrogens with zero attached hydrogens (tertiary/aromatic N) is 1. The molecule has 1 aliphatic rings. The van der Waals surface area contributed by atoms with Crippen molar-refractivity contribution in [3.63, 3.8) is 0 Å². The number of carbonyl (C=O) groups excluding carboxylic acids is 1. The highest BCUT2D eigenvalue weighted by Crippen LogP contribution is 2.44. The van der Waals surface area contributed by atoms with E-state index in [1.54, 1.807) is 31.2 Å². The van der Waals surface area contributed by atoms with Crippen LogP contribution in [0.5, 0.6) is 5.75 Å². The number of likely N-dealkylation sites (N-methyl/N-ethyl adjacent to an activating group) is 1. The van der Waals surface area contributed by atoms with Gasteiger partial charge in [0.1, 0.15) is 17.7 Å². The number of aliphatic hydroxyl groups excluding tert-OH is 1. The van der Waals surface area contributed by atoms with Crippen molar-refractivity contribution in [2.75, 3.05) is 14.2 Å². The molecule has 29 heavy (non-hydrogen) atoms. The molecule has 0 saturated carbocycles. The van der Waals surface area contributed by atoms with Gasteiger partial charge in [0.25, 0.3) is 0 Å². The van der Waals surface area contributed by atoms with Crippen molar-refractivity contribution < 1.29 is 19.0 Å². The summed E-state index contributed by atoms with van der Waals surface area (Å²) in [5.41, 5.74) is 1.82. The number of amides is 1. The van der Waals surface area contributed by atoms with E-state index in [1.165, 1.54) is 23.5 Å². The van der Waals surface area contributed by atoms with E-state index in [0.717, 1.165) is 26.6 Å². The molecule has 2 heterocycles. The zero-order chi connectivity index (χ0) is 20.5. The van der Waals surface area contributed by atoms with Gasteiger partial charge < -0.3 is 14.7 Å². The van der Waals surface area contributed by atoms with Crippen LogP contribution >= 0.6 is 11.3 Å². The van der Waals surface area contributed by atoms with Gasteiger partial charge >= 0.3 is 0 Å². The molecule has 1 saturated heterocycles. The SMILES string of the molecule is COc1ccccc1[C@H]1CC(=O)N(C)[C@H]1[C@H](O)c1ccc(-c2ccc(F)cc2)s1. The third-order valence-corrected chi connectivity index (χ3v) is 6.76. The lowest BCUT2D eigenvalue weighted by molar-refractivity contribution is -0.128. The zero-order valence-electron chi connectivity index (χ0n) is 16.2. The highest BCUT2D eigenvalue weighted by Gasteiger charge is 2.44. The van der Waals surface area contributed by atoms with Crippen molar-refractivity contribution in [2.45, 2.75) is 24.5 Å². The number of para-hydroxylation sites is 1. The fourth-order valence-electron chi connectivity index (χ4n) is 4.04. The molecule has 3 atom stereocenters. The number of rotatable bonds is 5. The number of carbonyl (C=O) groups is 1. The van der Waals surface area contributed by atoms with Gasteiger partial charge in [-0.25, -0.2) is 4.39 Å². The van der Waals surface area contributed by atoms with Crippen LogP contribution in [0, 0.1) is 5.82 Å². The van der Waals surface area contributed by atoms with Crippen LogP contribution in [-0.2, 0) is 4.79 Å². The van der Waals surface area contributed by atoms with Crippen molar-refractivity contribution in [3.8, 4) is 16.2 Å². The molecule has 1 N–H and O–H groups in total. The predicted octanol–water partition coefficient (Wildman–Crippen LogP) is 4.61. The highest BCUT2D eigenvalue weighted by molar-refractivity contribution is 7.15. The second-order valence-corrected chi connectivity index (χ2v) is 8.32. The molecule has 6 heteroatoms. The molecule has 3 aromatic rings. The Bertz CT molecular complexity index is 1020. The first kappa shape index (κ1) is 19.6. The summed E-state index contributed by atoms with van der Waals surface area (Å²) in [4.78, 5) is 15.9. The van der Waals surface area contributed by atoms with Crippen molar-refractivity contribution in [1.82, 2.24) is 4.90 Å². The Morgan fingerprint density at radius 3 is 2.59 bits per heavy atom. The molecule has 1 amide bonds. The molecular formula is C23H22FNO3S. The van der Waals surface area contributed by atoms with Crippen molar-refractivity contribution in [2.24, 2.45) is 0 Å². The first-order valence-corrected chi connectivity index (χ1v) is 10.2. The molecule has 1 aromatic heterocycles. The van der Waals surface area contributed by atoms with Gasteiger partial charge in [-0.05, 0) is 41.5 Å². The number of benzene rings is 2. The Balaban J connectivity index is 1.66. The van der Waals surface area contributed by atoms with Gasteiger partial charge in [-0.15, -0.1) is 11.3 Å². The van der Waals surface area contributed by atoms with Gasteiger partial charge in [-0.1, -0.05) is 30.3 Å². The number of halogens is 1. The molecule has 0 radical (unpaired) electrons. The Morgan fingerprint density at radius 2 is 1.86 bits per heavy atom. The van der Waals surface area contributed by atoms with E-state index in [2.05, 4.69) is 0 Å². The number of likely N-dealkylation sites (tertiary alicyclic amines) is 1.